The minimum Gasteiger partial charge on any atom is -0.481 e. The van der Waals surface area contributed by atoms with Crippen molar-refractivity contribution in [2.45, 2.75) is 25.4 Å². The van der Waals surface area contributed by atoms with Crippen LogP contribution in [-0.2, 0) is 14.3 Å². The fraction of sp³-hybridized carbons (Fsp3) is 0.800. The molecule has 2 aliphatic carbocycles. The summed E-state index contributed by atoms with van der Waals surface area (Å²) in [5.74, 6) is -1.66. The molecule has 76 valence electrons. The smallest absolute Gasteiger partial charge is 0.310 e. The molecule has 1 aliphatic heterocycles. The molecule has 4 heteroatoms. The molecule has 0 aromatic heterocycles. The van der Waals surface area contributed by atoms with Crippen LogP contribution < -0.4 is 0 Å². The number of hydrogen-bond acceptors (Lipinski definition) is 3. The highest BCUT2D eigenvalue weighted by Crippen LogP contribution is 2.62. The molecule has 3 rings (SSSR count). The molecule has 2 saturated carbocycles. The second-order valence-corrected chi connectivity index (χ2v) is 4.93. The maximum absolute atomic E-state index is 11.5. The molecule has 0 aromatic carbocycles. The van der Waals surface area contributed by atoms with Gasteiger partial charge in [0.2, 0.25) is 0 Å². The Morgan fingerprint density at radius 1 is 1.64 bits per heavy atom. The van der Waals surface area contributed by atoms with Crippen molar-refractivity contribution in [3.63, 3.8) is 0 Å². The average Bonchev–Trinajstić information content (AvgIpc) is 2.58. The van der Waals surface area contributed by atoms with Crippen LogP contribution >= 0.6 is 0 Å². The average molecular weight is 196 g/mol. The molecule has 3 fully saturated rings. The molecule has 1 saturated heterocycles. The summed E-state index contributed by atoms with van der Waals surface area (Å²) in [4.78, 5) is 22.5. The van der Waals surface area contributed by atoms with E-state index in [-0.39, 0.29) is 29.3 Å². The van der Waals surface area contributed by atoms with Crippen LogP contribution in [0.3, 0.4) is 0 Å². The normalized spacial score (nSPS) is 53.6. The largest absolute Gasteiger partial charge is 0.481 e. The first kappa shape index (κ1) is 8.26. The first-order valence-corrected chi connectivity index (χ1v) is 4.98. The monoisotopic (exact) mass is 196 g/mol. The highest BCUT2D eigenvalue weighted by atomic mass is 16.6. The van der Waals surface area contributed by atoms with Gasteiger partial charge in [-0.05, 0) is 25.7 Å². The van der Waals surface area contributed by atoms with Crippen LogP contribution in [0.15, 0.2) is 0 Å². The minimum atomic E-state index is -0.830. The lowest BCUT2D eigenvalue weighted by Crippen LogP contribution is -2.36. The number of hydrogen-bond donors (Lipinski definition) is 1. The van der Waals surface area contributed by atoms with Gasteiger partial charge in [-0.1, -0.05) is 0 Å². The first-order chi connectivity index (χ1) is 6.53. The highest BCUT2D eigenvalue weighted by molar-refractivity contribution is 5.85. The summed E-state index contributed by atoms with van der Waals surface area (Å²) in [6.07, 6.45) is 1.58. The second kappa shape index (κ2) is 2.12. The van der Waals surface area contributed by atoms with Gasteiger partial charge in [-0.25, -0.2) is 0 Å². The molecule has 1 N–H and O–H groups in total. The predicted molar refractivity (Wildman–Crippen MR) is 45.3 cm³/mol. The molecule has 0 amide bonds. The first-order valence-electron chi connectivity index (χ1n) is 4.98. The van der Waals surface area contributed by atoms with Gasteiger partial charge in [0.05, 0.1) is 11.8 Å². The van der Waals surface area contributed by atoms with Crippen molar-refractivity contribution in [2.24, 2.45) is 23.7 Å². The van der Waals surface area contributed by atoms with Crippen molar-refractivity contribution in [3.05, 3.63) is 0 Å². The van der Waals surface area contributed by atoms with Gasteiger partial charge in [-0.15, -0.1) is 0 Å². The molecule has 0 unspecified atom stereocenters. The number of rotatable bonds is 1. The van der Waals surface area contributed by atoms with E-state index < -0.39 is 11.9 Å². The number of carboxylic acids is 1. The zero-order valence-electron chi connectivity index (χ0n) is 7.90. The lowest BCUT2D eigenvalue weighted by atomic mass is 9.75. The van der Waals surface area contributed by atoms with Crippen molar-refractivity contribution < 1.29 is 19.4 Å². The lowest BCUT2D eigenvalue weighted by Gasteiger charge is -2.28. The molecule has 3 aliphatic rings. The minimum absolute atomic E-state index is 0.152. The summed E-state index contributed by atoms with van der Waals surface area (Å²) in [7, 11) is 0. The second-order valence-electron chi connectivity index (χ2n) is 4.93. The van der Waals surface area contributed by atoms with Gasteiger partial charge in [0, 0.05) is 5.92 Å². The van der Waals surface area contributed by atoms with Crippen LogP contribution in [0, 0.1) is 23.7 Å². The van der Waals surface area contributed by atoms with E-state index in [0.717, 1.165) is 12.8 Å². The molecule has 14 heavy (non-hydrogen) atoms. The fourth-order valence-corrected chi connectivity index (χ4v) is 3.76. The molecular formula is C10H12O4. The van der Waals surface area contributed by atoms with Gasteiger partial charge >= 0.3 is 11.9 Å². The van der Waals surface area contributed by atoms with Crippen LogP contribution in [0.5, 0.6) is 0 Å². The third-order valence-corrected chi connectivity index (χ3v) is 4.23. The Labute approximate surface area is 81.2 Å². The Morgan fingerprint density at radius 3 is 3.00 bits per heavy atom. The van der Waals surface area contributed by atoms with Crippen LogP contribution in [0.4, 0.5) is 0 Å². The van der Waals surface area contributed by atoms with Crippen molar-refractivity contribution in [1.29, 1.82) is 0 Å². The van der Waals surface area contributed by atoms with E-state index in [1.165, 1.54) is 0 Å². The Bertz CT molecular complexity index is 337. The van der Waals surface area contributed by atoms with Gasteiger partial charge < -0.3 is 9.84 Å². The number of ether oxygens (including phenoxy) is 1. The van der Waals surface area contributed by atoms with E-state index >= 15 is 0 Å². The third-order valence-electron chi connectivity index (χ3n) is 4.23. The van der Waals surface area contributed by atoms with Crippen molar-refractivity contribution in [2.75, 3.05) is 0 Å². The number of carbonyl (C=O) groups is 2. The summed E-state index contributed by atoms with van der Waals surface area (Å²) in [5.41, 5.74) is -0.349. The van der Waals surface area contributed by atoms with Gasteiger partial charge in [0.25, 0.3) is 0 Å². The summed E-state index contributed by atoms with van der Waals surface area (Å²) < 4.78 is 5.30. The van der Waals surface area contributed by atoms with Gasteiger partial charge in [0.15, 0.2) is 0 Å². The van der Waals surface area contributed by atoms with Crippen molar-refractivity contribution >= 4 is 11.9 Å². The summed E-state index contributed by atoms with van der Waals surface area (Å²) in [6, 6.07) is 0. The zero-order chi connectivity index (χ0) is 10.1. The van der Waals surface area contributed by atoms with Gasteiger partial charge in [0.1, 0.15) is 5.60 Å². The van der Waals surface area contributed by atoms with E-state index in [9.17, 15) is 9.59 Å². The lowest BCUT2D eigenvalue weighted by molar-refractivity contribution is -0.152. The molecule has 0 spiro atoms. The number of carboxylic acid groups (broad SMARTS) is 1. The topological polar surface area (TPSA) is 63.6 Å². The maximum atomic E-state index is 11.5. The number of carbonyl (C=O) groups excluding carboxylic acids is 1. The SMILES string of the molecule is C[C@]12C[C@H]3C[C@@H]1[C@H](C(=O)O2)[C@@H]3C(=O)O. The van der Waals surface area contributed by atoms with Crippen LogP contribution in [-0.4, -0.2) is 22.6 Å². The summed E-state index contributed by atoms with van der Waals surface area (Å²) in [6.45, 7) is 1.94. The van der Waals surface area contributed by atoms with Crippen LogP contribution in [0.25, 0.3) is 0 Å². The number of esters is 1. The quantitative estimate of drug-likeness (QED) is 0.626. The van der Waals surface area contributed by atoms with Gasteiger partial charge in [-0.2, -0.15) is 0 Å². The van der Waals surface area contributed by atoms with Crippen LogP contribution in [0.2, 0.25) is 0 Å². The Kier molecular flexibility index (Phi) is 1.25. The van der Waals surface area contributed by atoms with E-state index in [0.29, 0.717) is 0 Å². The molecule has 5 atom stereocenters. The Balaban J connectivity index is 2.05. The molecule has 4 nitrogen and oxygen atoms in total. The fourth-order valence-electron chi connectivity index (χ4n) is 3.76. The molecule has 0 aromatic rings. The maximum Gasteiger partial charge on any atom is 0.310 e. The van der Waals surface area contributed by atoms with Gasteiger partial charge in [-0.3, -0.25) is 9.59 Å². The standard InChI is InChI=1S/C10H12O4/c1-10-3-4-2-5(10)7(9(13)14-10)6(4)8(11)12/h4-7H,2-3H2,1H3,(H,11,12)/t4-,5-,6-,7+,10+/m1/s1. The van der Waals surface area contributed by atoms with E-state index in [1.807, 2.05) is 6.92 Å². The Hall–Kier alpha value is -1.06. The molecule has 0 radical (unpaired) electrons. The number of aliphatic carboxylic acids is 1. The van der Waals surface area contributed by atoms with E-state index in [1.54, 1.807) is 0 Å². The highest BCUT2D eigenvalue weighted by Gasteiger charge is 2.69. The zero-order valence-corrected chi connectivity index (χ0v) is 7.90. The van der Waals surface area contributed by atoms with E-state index in [4.69, 9.17) is 9.84 Å². The third kappa shape index (κ3) is 0.713. The molecule has 1 heterocycles. The summed E-state index contributed by atoms with van der Waals surface area (Å²) in [5, 5.41) is 9.05. The Morgan fingerprint density at radius 2 is 2.36 bits per heavy atom. The van der Waals surface area contributed by atoms with Crippen molar-refractivity contribution in [3.8, 4) is 0 Å². The van der Waals surface area contributed by atoms with Crippen LogP contribution in [0.1, 0.15) is 19.8 Å². The summed E-state index contributed by atoms with van der Waals surface area (Å²) >= 11 is 0. The predicted octanol–water partition coefficient (Wildman–Crippen LogP) is 0.659. The molecule has 2 bridgehead atoms. The molecular weight excluding hydrogens is 184 g/mol. The van der Waals surface area contributed by atoms with Crippen molar-refractivity contribution in [1.82, 2.24) is 0 Å². The van der Waals surface area contributed by atoms with E-state index in [2.05, 4.69) is 0 Å². The number of fused-ring (bicyclic) bond motifs is 1.